The first-order chi connectivity index (χ1) is 23.1. The summed E-state index contributed by atoms with van der Waals surface area (Å²) in [4.78, 5) is 9.57. The molecule has 4 heteroatoms. The zero-order valence-electron chi connectivity index (χ0n) is 26.5. The molecular weight excluding hydrogens is 573 g/mol. The fourth-order valence-electron chi connectivity index (χ4n) is 6.99. The largest absolute Gasteiger partial charge is 0.262 e. The number of benzene rings is 5. The van der Waals surface area contributed by atoms with Crippen molar-refractivity contribution in [3.63, 3.8) is 0 Å². The second-order valence-corrected chi connectivity index (χ2v) is 12.2. The van der Waals surface area contributed by atoms with Crippen LogP contribution in [0.15, 0.2) is 164 Å². The monoisotopic (exact) mass is 606 g/mol. The normalized spacial score (nSPS) is 12.4. The molecular formula is C43H34N4. The van der Waals surface area contributed by atoms with Gasteiger partial charge in [-0.05, 0) is 65.1 Å². The molecule has 0 aliphatic heterocycles. The van der Waals surface area contributed by atoms with Gasteiger partial charge in [0.1, 0.15) is 11.2 Å². The second kappa shape index (κ2) is 11.8. The summed E-state index contributed by atoms with van der Waals surface area (Å²) in [6, 6.07) is 53.7. The predicted molar refractivity (Wildman–Crippen MR) is 192 cm³/mol. The summed E-state index contributed by atoms with van der Waals surface area (Å²) in [6.07, 6.45) is 3.90. The zero-order valence-corrected chi connectivity index (χ0v) is 26.5. The highest BCUT2D eigenvalue weighted by atomic mass is 15.3. The fraction of sp³-hybridized carbons (Fsp3) is 0.0930. The third-order valence-electron chi connectivity index (χ3n) is 9.37. The van der Waals surface area contributed by atoms with Crippen LogP contribution in [0.5, 0.6) is 0 Å². The average Bonchev–Trinajstić information content (AvgIpc) is 3.50. The maximum Gasteiger partial charge on any atom is 0.138 e. The minimum Gasteiger partial charge on any atom is -0.262 e. The first-order valence-corrected chi connectivity index (χ1v) is 16.1. The van der Waals surface area contributed by atoms with Crippen LogP contribution < -0.4 is 0 Å². The summed E-state index contributed by atoms with van der Waals surface area (Å²) >= 11 is 0. The molecule has 0 N–H and O–H groups in total. The van der Waals surface area contributed by atoms with E-state index in [1.807, 2.05) is 19.3 Å². The van der Waals surface area contributed by atoms with Gasteiger partial charge < -0.3 is 0 Å². The Morgan fingerprint density at radius 2 is 1.17 bits per heavy atom. The molecule has 0 aliphatic carbocycles. The van der Waals surface area contributed by atoms with Crippen molar-refractivity contribution in [1.82, 2.24) is 19.7 Å². The molecule has 3 aromatic heterocycles. The van der Waals surface area contributed by atoms with E-state index >= 15 is 0 Å². The Morgan fingerprint density at radius 3 is 1.74 bits per heavy atom. The van der Waals surface area contributed by atoms with Crippen molar-refractivity contribution in [2.75, 3.05) is 0 Å². The van der Waals surface area contributed by atoms with Crippen LogP contribution in [-0.4, -0.2) is 19.7 Å². The van der Waals surface area contributed by atoms with Gasteiger partial charge in [-0.15, -0.1) is 0 Å². The van der Waals surface area contributed by atoms with E-state index in [0.29, 0.717) is 0 Å². The van der Waals surface area contributed by atoms with E-state index in [1.54, 1.807) is 0 Å². The number of aromatic nitrogens is 4. The van der Waals surface area contributed by atoms with E-state index < -0.39 is 5.54 Å². The summed E-state index contributed by atoms with van der Waals surface area (Å²) in [5.41, 5.74) is 9.91. The summed E-state index contributed by atoms with van der Waals surface area (Å²) in [5, 5.41) is 7.75. The number of pyridine rings is 2. The number of rotatable bonds is 7. The first-order valence-electron chi connectivity index (χ1n) is 16.1. The number of hydrogen-bond acceptors (Lipinski definition) is 3. The second-order valence-electron chi connectivity index (χ2n) is 12.2. The van der Waals surface area contributed by atoms with E-state index in [2.05, 4.69) is 168 Å². The maximum absolute atomic E-state index is 5.59. The third kappa shape index (κ3) is 4.90. The molecule has 8 aromatic rings. The lowest BCUT2D eigenvalue weighted by atomic mass is 9.77. The Labute approximate surface area is 275 Å². The van der Waals surface area contributed by atoms with Crippen molar-refractivity contribution in [1.29, 1.82) is 0 Å². The molecule has 3 heterocycles. The zero-order chi connectivity index (χ0) is 31.8. The lowest BCUT2D eigenvalue weighted by molar-refractivity contribution is 0.477. The lowest BCUT2D eigenvalue weighted by Crippen LogP contribution is -2.38. The maximum atomic E-state index is 5.59. The molecule has 0 saturated carbocycles. The van der Waals surface area contributed by atoms with Gasteiger partial charge in [0.2, 0.25) is 0 Å². The Balaban J connectivity index is 1.47. The molecule has 8 rings (SSSR count). The Hall–Kier alpha value is -5.87. The van der Waals surface area contributed by atoms with Gasteiger partial charge in [-0.3, -0.25) is 9.97 Å². The fourth-order valence-corrected chi connectivity index (χ4v) is 6.99. The first kappa shape index (κ1) is 28.6. The third-order valence-corrected chi connectivity index (χ3v) is 9.37. The highest BCUT2D eigenvalue weighted by Crippen LogP contribution is 2.44. The minimum absolute atomic E-state index is 0.218. The van der Waals surface area contributed by atoms with E-state index in [1.165, 1.54) is 11.1 Å². The van der Waals surface area contributed by atoms with E-state index in [0.717, 1.165) is 55.4 Å². The van der Waals surface area contributed by atoms with E-state index in [4.69, 9.17) is 10.1 Å². The van der Waals surface area contributed by atoms with Crippen molar-refractivity contribution in [3.05, 3.63) is 198 Å². The summed E-state index contributed by atoms with van der Waals surface area (Å²) in [5.74, 6) is 0.218. The minimum atomic E-state index is -0.766. The van der Waals surface area contributed by atoms with Crippen molar-refractivity contribution in [2.24, 2.45) is 0 Å². The SMILES string of the molecule is Cc1cc(-c2nn(C(c3ccccc3)(c3ccccc3)c3ccccc3)c3cc4ncc(C(C)c5ccccc5)cc4cc23)ccn1. The molecule has 5 aromatic carbocycles. The molecule has 1 unspecified atom stereocenters. The highest BCUT2D eigenvalue weighted by Gasteiger charge is 2.41. The summed E-state index contributed by atoms with van der Waals surface area (Å²) in [6.45, 7) is 4.27. The molecule has 1 atom stereocenters. The number of nitrogens with zero attached hydrogens (tertiary/aromatic N) is 4. The molecule has 0 fully saturated rings. The number of hydrogen-bond donors (Lipinski definition) is 0. The molecule has 47 heavy (non-hydrogen) atoms. The average molecular weight is 607 g/mol. The highest BCUT2D eigenvalue weighted by molar-refractivity contribution is 6.02. The quantitative estimate of drug-likeness (QED) is 0.170. The van der Waals surface area contributed by atoms with Crippen LogP contribution in [0.4, 0.5) is 0 Å². The van der Waals surface area contributed by atoms with Crippen molar-refractivity contribution >= 4 is 21.8 Å². The molecule has 226 valence electrons. The van der Waals surface area contributed by atoms with Crippen LogP contribution >= 0.6 is 0 Å². The molecule has 0 spiro atoms. The predicted octanol–water partition coefficient (Wildman–Crippen LogP) is 9.95. The Bertz CT molecular complexity index is 2220. The van der Waals surface area contributed by atoms with E-state index in [-0.39, 0.29) is 5.92 Å². The van der Waals surface area contributed by atoms with Crippen LogP contribution in [0.1, 0.15) is 46.4 Å². The molecule has 0 radical (unpaired) electrons. The Morgan fingerprint density at radius 1 is 0.596 bits per heavy atom. The van der Waals surface area contributed by atoms with Crippen LogP contribution in [0.25, 0.3) is 33.1 Å². The van der Waals surface area contributed by atoms with Crippen LogP contribution in [-0.2, 0) is 5.54 Å². The van der Waals surface area contributed by atoms with Gasteiger partial charge in [-0.25, -0.2) is 4.68 Å². The van der Waals surface area contributed by atoms with Crippen molar-refractivity contribution in [2.45, 2.75) is 25.3 Å². The Kier molecular flexibility index (Phi) is 7.18. The van der Waals surface area contributed by atoms with Gasteiger partial charge in [0.25, 0.3) is 0 Å². The molecule has 0 bridgehead atoms. The van der Waals surface area contributed by atoms with Crippen LogP contribution in [0.3, 0.4) is 0 Å². The van der Waals surface area contributed by atoms with Crippen molar-refractivity contribution < 1.29 is 0 Å². The van der Waals surface area contributed by atoms with E-state index in [9.17, 15) is 0 Å². The smallest absolute Gasteiger partial charge is 0.138 e. The van der Waals surface area contributed by atoms with Crippen molar-refractivity contribution in [3.8, 4) is 11.3 Å². The standard InChI is InChI=1S/C43H34N4/c1-30-25-33(23-24-44-30)42-39-27-34-26-35(31(2)32-15-7-3-8-16-32)29-45-40(34)28-41(39)47(46-42)43(36-17-9-4-10-18-36,37-19-11-5-12-20-37)38-21-13-6-14-22-38/h3-29,31H,1-2H3. The molecule has 4 nitrogen and oxygen atoms in total. The van der Waals surface area contributed by atoms with Gasteiger partial charge in [-0.1, -0.05) is 128 Å². The van der Waals surface area contributed by atoms with Gasteiger partial charge in [0.15, 0.2) is 0 Å². The topological polar surface area (TPSA) is 43.6 Å². The number of aryl methyl sites for hydroxylation is 1. The number of fused-ring (bicyclic) bond motifs is 2. The summed E-state index contributed by atoms with van der Waals surface area (Å²) < 4.78 is 2.23. The molecule has 0 amide bonds. The van der Waals surface area contributed by atoms with Gasteiger partial charge in [0.05, 0.1) is 11.0 Å². The van der Waals surface area contributed by atoms with Gasteiger partial charge in [-0.2, -0.15) is 5.10 Å². The summed E-state index contributed by atoms with van der Waals surface area (Å²) in [7, 11) is 0. The molecule has 0 saturated heterocycles. The van der Waals surface area contributed by atoms with Gasteiger partial charge >= 0.3 is 0 Å². The molecule has 0 aliphatic rings. The van der Waals surface area contributed by atoms with Crippen LogP contribution in [0.2, 0.25) is 0 Å². The van der Waals surface area contributed by atoms with Crippen LogP contribution in [0, 0.1) is 6.92 Å². The van der Waals surface area contributed by atoms with Gasteiger partial charge in [0, 0.05) is 40.3 Å². The lowest BCUT2D eigenvalue weighted by Gasteiger charge is -2.37.